The smallest absolute Gasteiger partial charge is 0.322 e. The zero-order valence-corrected chi connectivity index (χ0v) is 10.7. The molecule has 7 heteroatoms. The molecule has 0 heterocycles. The number of amides is 3. The molecule has 106 valence electrons. The van der Waals surface area contributed by atoms with Crippen molar-refractivity contribution in [1.29, 1.82) is 0 Å². The van der Waals surface area contributed by atoms with Crippen LogP contribution in [0, 0.1) is 11.3 Å². The molecule has 2 fully saturated rings. The third-order valence-corrected chi connectivity index (χ3v) is 3.78. The van der Waals surface area contributed by atoms with Gasteiger partial charge < -0.3 is 21.1 Å². The minimum absolute atomic E-state index is 0.213. The normalized spacial score (nSPS) is 19.4. The van der Waals surface area contributed by atoms with E-state index in [0.717, 1.165) is 5.92 Å². The van der Waals surface area contributed by atoms with E-state index in [1.807, 2.05) is 0 Å². The molecule has 0 saturated heterocycles. The largest absolute Gasteiger partial charge is 0.480 e. The molecule has 2 saturated carbocycles. The molecule has 0 aromatic carbocycles. The second-order valence-electron chi connectivity index (χ2n) is 5.34. The van der Waals surface area contributed by atoms with Crippen LogP contribution in [0.25, 0.3) is 0 Å². The number of urea groups is 1. The quantitative estimate of drug-likeness (QED) is 0.508. The predicted molar refractivity (Wildman–Crippen MR) is 66.4 cm³/mol. The second kappa shape index (κ2) is 5.46. The van der Waals surface area contributed by atoms with Crippen molar-refractivity contribution in [1.82, 2.24) is 16.0 Å². The van der Waals surface area contributed by atoms with Gasteiger partial charge in [0.25, 0.3) is 0 Å². The fourth-order valence-electron chi connectivity index (χ4n) is 2.30. The highest BCUT2D eigenvalue weighted by Gasteiger charge is 2.53. The molecule has 0 aliphatic heterocycles. The van der Waals surface area contributed by atoms with Crippen molar-refractivity contribution in [2.45, 2.75) is 25.7 Å². The van der Waals surface area contributed by atoms with Gasteiger partial charge in [-0.2, -0.15) is 0 Å². The summed E-state index contributed by atoms with van der Waals surface area (Å²) in [7, 11) is 0. The molecule has 0 spiro atoms. The Hall–Kier alpha value is -1.79. The number of nitrogens with one attached hydrogen (secondary N) is 3. The first-order valence-corrected chi connectivity index (χ1v) is 6.52. The Morgan fingerprint density at radius 2 is 1.74 bits per heavy atom. The highest BCUT2D eigenvalue weighted by atomic mass is 16.4. The molecule has 4 N–H and O–H groups in total. The van der Waals surface area contributed by atoms with Gasteiger partial charge in [-0.25, -0.2) is 4.79 Å². The number of hydrogen-bond acceptors (Lipinski definition) is 3. The van der Waals surface area contributed by atoms with Gasteiger partial charge in [-0.15, -0.1) is 0 Å². The van der Waals surface area contributed by atoms with Gasteiger partial charge >= 0.3 is 12.0 Å². The molecule has 19 heavy (non-hydrogen) atoms. The van der Waals surface area contributed by atoms with E-state index in [2.05, 4.69) is 16.0 Å². The summed E-state index contributed by atoms with van der Waals surface area (Å²) in [6.07, 6.45) is 4.88. The van der Waals surface area contributed by atoms with Gasteiger partial charge in [0.05, 0.1) is 6.54 Å². The number of hydrogen-bond donors (Lipinski definition) is 4. The molecule has 2 aliphatic rings. The SMILES string of the molecule is O=C(O)CNC(=O)CNC(=O)NCC1(C2CC2)CC1. The lowest BCUT2D eigenvalue weighted by atomic mass is 10.0. The van der Waals surface area contributed by atoms with Gasteiger partial charge in [-0.1, -0.05) is 0 Å². The lowest BCUT2D eigenvalue weighted by Gasteiger charge is -2.15. The van der Waals surface area contributed by atoms with Crippen LogP contribution in [0.1, 0.15) is 25.7 Å². The molecular formula is C12H19N3O4. The Morgan fingerprint density at radius 3 is 2.26 bits per heavy atom. The number of rotatable bonds is 7. The Bertz CT molecular complexity index is 388. The van der Waals surface area contributed by atoms with Crippen LogP contribution in [0.15, 0.2) is 0 Å². The Kier molecular flexibility index (Phi) is 3.92. The minimum atomic E-state index is -1.11. The molecular weight excluding hydrogens is 250 g/mol. The first-order valence-electron chi connectivity index (χ1n) is 6.52. The van der Waals surface area contributed by atoms with E-state index >= 15 is 0 Å². The predicted octanol–water partition coefficient (Wildman–Crippen LogP) is -0.323. The van der Waals surface area contributed by atoms with E-state index < -0.39 is 18.4 Å². The third-order valence-electron chi connectivity index (χ3n) is 3.78. The van der Waals surface area contributed by atoms with Crippen LogP contribution >= 0.6 is 0 Å². The zero-order chi connectivity index (χ0) is 13.9. The first-order chi connectivity index (χ1) is 9.02. The Balaban J connectivity index is 1.57. The molecule has 0 atom stereocenters. The van der Waals surface area contributed by atoms with Crippen LogP contribution in [0.3, 0.4) is 0 Å². The van der Waals surface area contributed by atoms with Crippen LogP contribution in [0.2, 0.25) is 0 Å². The van der Waals surface area contributed by atoms with Crippen molar-refractivity contribution < 1.29 is 19.5 Å². The Morgan fingerprint density at radius 1 is 1.05 bits per heavy atom. The maximum absolute atomic E-state index is 11.5. The molecule has 0 radical (unpaired) electrons. The van der Waals surface area contributed by atoms with E-state index in [9.17, 15) is 14.4 Å². The van der Waals surface area contributed by atoms with Gasteiger partial charge in [-0.05, 0) is 37.0 Å². The Labute approximate surface area is 111 Å². The van der Waals surface area contributed by atoms with Crippen molar-refractivity contribution in [3.63, 3.8) is 0 Å². The topological polar surface area (TPSA) is 108 Å². The van der Waals surface area contributed by atoms with Crippen LogP contribution in [-0.4, -0.2) is 42.6 Å². The van der Waals surface area contributed by atoms with Crippen molar-refractivity contribution in [2.24, 2.45) is 11.3 Å². The minimum Gasteiger partial charge on any atom is -0.480 e. The van der Waals surface area contributed by atoms with E-state index in [1.165, 1.54) is 25.7 Å². The summed E-state index contributed by atoms with van der Waals surface area (Å²) >= 11 is 0. The van der Waals surface area contributed by atoms with E-state index in [0.29, 0.717) is 12.0 Å². The molecule has 0 unspecified atom stereocenters. The van der Waals surface area contributed by atoms with Gasteiger partial charge in [0.1, 0.15) is 6.54 Å². The molecule has 0 bridgehead atoms. The summed E-state index contributed by atoms with van der Waals surface area (Å²) in [6, 6.07) is -0.377. The second-order valence-corrected chi connectivity index (χ2v) is 5.34. The average Bonchev–Trinajstić information content (AvgIpc) is 3.23. The van der Waals surface area contributed by atoms with Crippen LogP contribution in [-0.2, 0) is 9.59 Å². The summed E-state index contributed by atoms with van der Waals surface area (Å²) in [5.74, 6) is -0.856. The molecule has 2 aliphatic carbocycles. The number of carbonyl (C=O) groups excluding carboxylic acids is 2. The van der Waals surface area contributed by atoms with E-state index in [-0.39, 0.29) is 12.6 Å². The van der Waals surface area contributed by atoms with Gasteiger partial charge in [-0.3, -0.25) is 9.59 Å². The summed E-state index contributed by atoms with van der Waals surface area (Å²) in [5, 5.41) is 15.7. The first kappa shape index (κ1) is 13.6. The fourth-order valence-corrected chi connectivity index (χ4v) is 2.30. The molecule has 7 nitrogen and oxygen atoms in total. The van der Waals surface area contributed by atoms with Crippen molar-refractivity contribution in [2.75, 3.05) is 19.6 Å². The molecule has 3 amide bonds. The fraction of sp³-hybridized carbons (Fsp3) is 0.750. The zero-order valence-electron chi connectivity index (χ0n) is 10.7. The van der Waals surface area contributed by atoms with E-state index in [1.54, 1.807) is 0 Å². The lowest BCUT2D eigenvalue weighted by Crippen LogP contribution is -2.44. The summed E-state index contributed by atoms with van der Waals surface area (Å²) in [6.45, 7) is 0.0166. The maximum Gasteiger partial charge on any atom is 0.322 e. The number of carbonyl (C=O) groups is 3. The standard InChI is InChI=1S/C12H19N3O4/c16-9(13-6-10(17)18)5-14-11(19)15-7-12(3-4-12)8-1-2-8/h8H,1-7H2,(H,13,16)(H,17,18)(H2,14,15,19). The highest BCUT2D eigenvalue weighted by molar-refractivity contribution is 5.86. The highest BCUT2D eigenvalue weighted by Crippen LogP contribution is 2.60. The van der Waals surface area contributed by atoms with Gasteiger partial charge in [0, 0.05) is 6.54 Å². The molecule has 0 aromatic rings. The van der Waals surface area contributed by atoms with Gasteiger partial charge in [0.15, 0.2) is 0 Å². The molecule has 0 aromatic heterocycles. The van der Waals surface area contributed by atoms with Crippen LogP contribution < -0.4 is 16.0 Å². The monoisotopic (exact) mass is 269 g/mol. The van der Waals surface area contributed by atoms with Crippen LogP contribution in [0.5, 0.6) is 0 Å². The number of carboxylic acid groups (broad SMARTS) is 1. The maximum atomic E-state index is 11.5. The van der Waals surface area contributed by atoms with Crippen molar-refractivity contribution in [3.05, 3.63) is 0 Å². The van der Waals surface area contributed by atoms with E-state index in [4.69, 9.17) is 5.11 Å². The van der Waals surface area contributed by atoms with Crippen molar-refractivity contribution in [3.8, 4) is 0 Å². The number of aliphatic carboxylic acids is 1. The lowest BCUT2D eigenvalue weighted by molar-refractivity contribution is -0.137. The van der Waals surface area contributed by atoms with Crippen molar-refractivity contribution >= 4 is 17.9 Å². The molecule has 2 rings (SSSR count). The van der Waals surface area contributed by atoms with Crippen LogP contribution in [0.4, 0.5) is 4.79 Å². The summed E-state index contributed by atoms with van der Waals surface area (Å²) in [4.78, 5) is 32.9. The van der Waals surface area contributed by atoms with Gasteiger partial charge in [0.2, 0.25) is 5.91 Å². The summed E-state index contributed by atoms with van der Waals surface area (Å²) in [5.41, 5.74) is 0.322. The average molecular weight is 269 g/mol. The summed E-state index contributed by atoms with van der Waals surface area (Å²) < 4.78 is 0. The number of carboxylic acids is 1. The third kappa shape index (κ3) is 4.11.